The number of carbonyl (C=O) groups excluding carboxylic acids is 1. The summed E-state index contributed by atoms with van der Waals surface area (Å²) in [5, 5.41) is 14.7. The van der Waals surface area contributed by atoms with Gasteiger partial charge in [0, 0.05) is 25.8 Å². The molecule has 0 atom stereocenters. The van der Waals surface area contributed by atoms with Crippen LogP contribution < -0.4 is 15.1 Å². The Hall–Kier alpha value is -3.42. The van der Waals surface area contributed by atoms with Crippen LogP contribution in [-0.4, -0.2) is 37.7 Å². The Labute approximate surface area is 144 Å². The smallest absolute Gasteiger partial charge is 0.310 e. The van der Waals surface area contributed by atoms with Crippen molar-refractivity contribution in [1.82, 2.24) is 5.43 Å². The second-order valence-corrected chi connectivity index (χ2v) is 5.29. The molecular weight excluding hydrogens is 324 g/mol. The Bertz CT molecular complexity index is 772. The van der Waals surface area contributed by atoms with E-state index in [1.165, 1.54) is 24.4 Å². The predicted molar refractivity (Wildman–Crippen MR) is 95.1 cm³/mol. The van der Waals surface area contributed by atoms with Crippen LogP contribution in [0.1, 0.15) is 5.56 Å². The van der Waals surface area contributed by atoms with E-state index >= 15 is 0 Å². The fourth-order valence-corrected chi connectivity index (χ4v) is 1.94. The zero-order valence-electron chi connectivity index (χ0n) is 13.9. The summed E-state index contributed by atoms with van der Waals surface area (Å²) in [6, 6.07) is 13.5. The van der Waals surface area contributed by atoms with Gasteiger partial charge < -0.3 is 9.64 Å². The molecule has 0 aliphatic carbocycles. The van der Waals surface area contributed by atoms with Gasteiger partial charge in [0.15, 0.2) is 12.4 Å². The molecule has 0 saturated carbocycles. The molecule has 1 N–H and O–H groups in total. The molecule has 2 aromatic rings. The van der Waals surface area contributed by atoms with Crippen molar-refractivity contribution in [2.75, 3.05) is 25.6 Å². The van der Waals surface area contributed by atoms with Crippen molar-refractivity contribution < 1.29 is 14.5 Å². The number of para-hydroxylation sites is 2. The maximum absolute atomic E-state index is 11.7. The van der Waals surface area contributed by atoms with Gasteiger partial charge in [0.2, 0.25) is 0 Å². The number of nitro benzene ring substituents is 1. The van der Waals surface area contributed by atoms with Crippen molar-refractivity contribution in [3.05, 3.63) is 64.2 Å². The molecule has 8 nitrogen and oxygen atoms in total. The minimum atomic E-state index is -0.567. The molecule has 0 saturated heterocycles. The molecule has 2 aromatic carbocycles. The van der Waals surface area contributed by atoms with Crippen LogP contribution in [0.3, 0.4) is 0 Å². The maximum Gasteiger partial charge on any atom is 0.310 e. The van der Waals surface area contributed by atoms with E-state index < -0.39 is 10.8 Å². The van der Waals surface area contributed by atoms with Crippen LogP contribution in [0.25, 0.3) is 0 Å². The summed E-state index contributed by atoms with van der Waals surface area (Å²) in [6.07, 6.45) is 1.50. The summed E-state index contributed by atoms with van der Waals surface area (Å²) in [5.74, 6) is -0.481. The highest BCUT2D eigenvalue weighted by Gasteiger charge is 2.14. The van der Waals surface area contributed by atoms with Crippen molar-refractivity contribution in [3.63, 3.8) is 0 Å². The third-order valence-electron chi connectivity index (χ3n) is 3.23. The van der Waals surface area contributed by atoms with Gasteiger partial charge in [-0.3, -0.25) is 14.9 Å². The van der Waals surface area contributed by atoms with E-state index in [1.807, 2.05) is 43.3 Å². The molecule has 130 valence electrons. The topological polar surface area (TPSA) is 97.1 Å². The minimum absolute atomic E-state index is 0.0332. The molecule has 2 rings (SSSR count). The standard InChI is InChI=1S/C17H18N4O4/c1-20(2)14-9-7-13(8-10-14)11-18-19-17(22)12-25-16-6-4-3-5-15(16)21(23)24/h3-11H,12H2,1-2H3,(H,19,22)/b18-11+. The number of ether oxygens (including phenoxy) is 1. The number of nitro groups is 1. The molecule has 0 aliphatic rings. The van der Waals surface area contributed by atoms with Gasteiger partial charge in [-0.25, -0.2) is 5.43 Å². The van der Waals surface area contributed by atoms with Gasteiger partial charge in [-0.15, -0.1) is 0 Å². The third-order valence-corrected chi connectivity index (χ3v) is 3.23. The molecular formula is C17H18N4O4. The lowest BCUT2D eigenvalue weighted by atomic mass is 10.2. The summed E-state index contributed by atoms with van der Waals surface area (Å²) in [7, 11) is 3.89. The average molecular weight is 342 g/mol. The molecule has 8 heteroatoms. The number of carbonyl (C=O) groups is 1. The summed E-state index contributed by atoms with van der Waals surface area (Å²) in [4.78, 5) is 24.0. The molecule has 0 radical (unpaired) electrons. The Morgan fingerprint density at radius 1 is 1.24 bits per heavy atom. The lowest BCUT2D eigenvalue weighted by molar-refractivity contribution is -0.385. The molecule has 0 fully saturated rings. The van der Waals surface area contributed by atoms with Gasteiger partial charge in [0.05, 0.1) is 11.1 Å². The molecule has 0 aliphatic heterocycles. The van der Waals surface area contributed by atoms with E-state index in [1.54, 1.807) is 6.07 Å². The van der Waals surface area contributed by atoms with Crippen LogP contribution in [-0.2, 0) is 4.79 Å². The van der Waals surface area contributed by atoms with Gasteiger partial charge >= 0.3 is 5.69 Å². The SMILES string of the molecule is CN(C)c1ccc(/C=N/NC(=O)COc2ccccc2[N+](=O)[O-])cc1. The summed E-state index contributed by atoms with van der Waals surface area (Å²) >= 11 is 0. The van der Waals surface area contributed by atoms with Crippen molar-refractivity contribution in [3.8, 4) is 5.75 Å². The number of hydrogen-bond acceptors (Lipinski definition) is 6. The average Bonchev–Trinajstić information content (AvgIpc) is 2.60. The minimum Gasteiger partial charge on any atom is -0.477 e. The zero-order valence-corrected chi connectivity index (χ0v) is 13.9. The summed E-state index contributed by atoms with van der Waals surface area (Å²) < 4.78 is 5.17. The number of nitrogens with one attached hydrogen (secondary N) is 1. The Morgan fingerprint density at radius 3 is 2.56 bits per heavy atom. The highest BCUT2D eigenvalue weighted by molar-refractivity contribution is 5.83. The van der Waals surface area contributed by atoms with E-state index in [2.05, 4.69) is 10.5 Å². The van der Waals surface area contributed by atoms with Gasteiger partial charge in [0.25, 0.3) is 5.91 Å². The first kappa shape index (κ1) is 17.9. The van der Waals surface area contributed by atoms with Gasteiger partial charge in [-0.2, -0.15) is 5.10 Å². The maximum atomic E-state index is 11.7. The lowest BCUT2D eigenvalue weighted by Crippen LogP contribution is -2.24. The quantitative estimate of drug-likeness (QED) is 0.472. The fourth-order valence-electron chi connectivity index (χ4n) is 1.94. The van der Waals surface area contributed by atoms with Crippen LogP contribution in [0.2, 0.25) is 0 Å². The highest BCUT2D eigenvalue weighted by Crippen LogP contribution is 2.25. The first-order chi connectivity index (χ1) is 12.0. The van der Waals surface area contributed by atoms with E-state index in [0.29, 0.717) is 0 Å². The summed E-state index contributed by atoms with van der Waals surface area (Å²) in [5.41, 5.74) is 4.00. The van der Waals surface area contributed by atoms with Crippen molar-refractivity contribution in [2.45, 2.75) is 0 Å². The van der Waals surface area contributed by atoms with Crippen molar-refractivity contribution in [1.29, 1.82) is 0 Å². The molecule has 0 unspecified atom stereocenters. The van der Waals surface area contributed by atoms with Gasteiger partial charge in [-0.05, 0) is 23.8 Å². The van der Waals surface area contributed by atoms with Crippen molar-refractivity contribution >= 4 is 23.5 Å². The first-order valence-corrected chi connectivity index (χ1v) is 7.43. The normalized spacial score (nSPS) is 10.5. The van der Waals surface area contributed by atoms with Gasteiger partial charge in [-0.1, -0.05) is 24.3 Å². The molecule has 0 aromatic heterocycles. The van der Waals surface area contributed by atoms with Crippen LogP contribution >= 0.6 is 0 Å². The number of hydrogen-bond donors (Lipinski definition) is 1. The van der Waals surface area contributed by atoms with Crippen LogP contribution in [0.5, 0.6) is 5.75 Å². The molecule has 1 amide bonds. The molecule has 0 bridgehead atoms. The number of benzene rings is 2. The summed E-state index contributed by atoms with van der Waals surface area (Å²) in [6.45, 7) is -0.373. The fraction of sp³-hybridized carbons (Fsp3) is 0.176. The number of nitrogens with zero attached hydrogens (tertiary/aromatic N) is 3. The van der Waals surface area contributed by atoms with E-state index in [9.17, 15) is 14.9 Å². The molecule has 25 heavy (non-hydrogen) atoms. The second kappa shape index (κ2) is 8.44. The second-order valence-electron chi connectivity index (χ2n) is 5.29. The van der Waals surface area contributed by atoms with E-state index in [0.717, 1.165) is 11.3 Å². The van der Waals surface area contributed by atoms with Gasteiger partial charge in [0.1, 0.15) is 0 Å². The lowest BCUT2D eigenvalue weighted by Gasteiger charge is -2.11. The van der Waals surface area contributed by atoms with E-state index in [4.69, 9.17) is 4.74 Å². The monoisotopic (exact) mass is 342 g/mol. The Kier molecular flexibility index (Phi) is 6.05. The number of amides is 1. The highest BCUT2D eigenvalue weighted by atomic mass is 16.6. The number of anilines is 1. The first-order valence-electron chi connectivity index (χ1n) is 7.43. The third kappa shape index (κ3) is 5.31. The van der Waals surface area contributed by atoms with Crippen LogP contribution in [0.4, 0.5) is 11.4 Å². The van der Waals surface area contributed by atoms with Crippen LogP contribution in [0, 0.1) is 10.1 Å². The van der Waals surface area contributed by atoms with Crippen molar-refractivity contribution in [2.24, 2.45) is 5.10 Å². The van der Waals surface area contributed by atoms with Crippen LogP contribution in [0.15, 0.2) is 53.6 Å². The number of rotatable bonds is 7. The number of hydrazone groups is 1. The Morgan fingerprint density at radius 2 is 1.92 bits per heavy atom. The zero-order chi connectivity index (χ0) is 18.2. The molecule has 0 spiro atoms. The predicted octanol–water partition coefficient (Wildman–Crippen LogP) is 2.19. The van der Waals surface area contributed by atoms with E-state index in [-0.39, 0.29) is 18.0 Å². The Balaban J connectivity index is 1.85. The molecule has 0 heterocycles. The largest absolute Gasteiger partial charge is 0.477 e.